The summed E-state index contributed by atoms with van der Waals surface area (Å²) in [6.07, 6.45) is 11.1. The predicted octanol–water partition coefficient (Wildman–Crippen LogP) is 4.77. The van der Waals surface area contributed by atoms with Gasteiger partial charge >= 0.3 is 0 Å². The molecule has 2 unspecified atom stereocenters. The van der Waals surface area contributed by atoms with Crippen LogP contribution in [0, 0.1) is 11.7 Å². The Kier molecular flexibility index (Phi) is 11.8. The van der Waals surface area contributed by atoms with Crippen molar-refractivity contribution in [2.75, 3.05) is 52.4 Å². The number of amides is 3. The van der Waals surface area contributed by atoms with Gasteiger partial charge < -0.3 is 19.4 Å². The van der Waals surface area contributed by atoms with E-state index in [0.29, 0.717) is 79.4 Å². The number of halogens is 1. The average molecular weight is 729 g/mol. The zero-order chi connectivity index (χ0) is 36.9. The van der Waals surface area contributed by atoms with E-state index in [1.54, 1.807) is 34.1 Å². The molecule has 3 amide bonds. The number of rotatable bonds is 9. The fraction of sp³-hybridized carbons (Fsp3) is 0.585. The first kappa shape index (κ1) is 37.2. The van der Waals surface area contributed by atoms with Gasteiger partial charge in [-0.3, -0.25) is 24.1 Å². The highest BCUT2D eigenvalue weighted by Gasteiger charge is 2.33. The lowest BCUT2D eigenvalue weighted by atomic mass is 9.86. The van der Waals surface area contributed by atoms with Gasteiger partial charge in [0.15, 0.2) is 0 Å². The lowest BCUT2D eigenvalue weighted by Crippen LogP contribution is -2.53. The average Bonchev–Trinajstić information content (AvgIpc) is 3.17. The van der Waals surface area contributed by atoms with E-state index in [4.69, 9.17) is 4.74 Å². The molecule has 0 spiro atoms. The van der Waals surface area contributed by atoms with Gasteiger partial charge in [0.05, 0.1) is 35.4 Å². The van der Waals surface area contributed by atoms with Gasteiger partial charge in [0, 0.05) is 70.1 Å². The zero-order valence-electron chi connectivity index (χ0n) is 30.9. The minimum atomic E-state index is -0.594. The second-order valence-electron chi connectivity index (χ2n) is 15.6. The summed E-state index contributed by atoms with van der Waals surface area (Å²) < 4.78 is 21.5. The summed E-state index contributed by atoms with van der Waals surface area (Å²) in [4.78, 5) is 59.7. The molecular formula is C41H53FN6O5. The highest BCUT2D eigenvalue weighted by Crippen LogP contribution is 2.30. The molecule has 0 radical (unpaired) electrons. The molecular weight excluding hydrogens is 675 g/mol. The number of piperidine rings is 2. The van der Waals surface area contributed by atoms with Crippen molar-refractivity contribution in [2.24, 2.45) is 5.92 Å². The maximum absolute atomic E-state index is 15.0. The molecule has 12 heteroatoms. The minimum Gasteiger partial charge on any atom is -0.375 e. The summed E-state index contributed by atoms with van der Waals surface area (Å²) in [7, 11) is 0. The van der Waals surface area contributed by atoms with Crippen LogP contribution in [0.5, 0.6) is 0 Å². The SMILES string of the molecule is CC1CC(OC2CCN(CC(=O)N3CCN(C(=O)c4cc(Cc5n[nH]c(=O)c6ccccc56)ccc4F)CC3)CC2)CCN1C(=O)CC1CCCCC1. The molecule has 1 aromatic heterocycles. The molecule has 0 bridgehead atoms. The third-order valence-corrected chi connectivity index (χ3v) is 11.9. The van der Waals surface area contributed by atoms with Crippen LogP contribution < -0.4 is 5.56 Å². The Labute approximate surface area is 310 Å². The number of fused-ring (bicyclic) bond motifs is 1. The van der Waals surface area contributed by atoms with Crippen LogP contribution in [0.2, 0.25) is 0 Å². The minimum absolute atomic E-state index is 0.00995. The Morgan fingerprint density at radius 3 is 2.26 bits per heavy atom. The predicted molar refractivity (Wildman–Crippen MR) is 200 cm³/mol. The van der Waals surface area contributed by atoms with Crippen LogP contribution in [0.15, 0.2) is 47.3 Å². The smallest absolute Gasteiger partial charge is 0.272 e. The number of likely N-dealkylation sites (tertiary alicyclic amines) is 2. The third-order valence-electron chi connectivity index (χ3n) is 11.9. The first-order chi connectivity index (χ1) is 25.7. The van der Waals surface area contributed by atoms with Gasteiger partial charge in [-0.05, 0) is 75.1 Å². The molecule has 1 N–H and O–H groups in total. The van der Waals surface area contributed by atoms with E-state index < -0.39 is 11.7 Å². The van der Waals surface area contributed by atoms with Gasteiger partial charge in [0.25, 0.3) is 11.5 Å². The number of hydrogen-bond donors (Lipinski definition) is 1. The Bertz CT molecular complexity index is 1830. The van der Waals surface area contributed by atoms with E-state index in [1.165, 1.54) is 38.2 Å². The number of ether oxygens (including phenoxy) is 1. The number of nitrogens with zero attached hydrogens (tertiary/aromatic N) is 5. The van der Waals surface area contributed by atoms with E-state index in [2.05, 4.69) is 26.9 Å². The molecule has 7 rings (SSSR count). The number of carbonyl (C=O) groups is 3. The largest absolute Gasteiger partial charge is 0.375 e. The molecule has 4 aliphatic rings. The van der Waals surface area contributed by atoms with Crippen LogP contribution in [0.25, 0.3) is 10.8 Å². The summed E-state index contributed by atoms with van der Waals surface area (Å²) in [5, 5.41) is 7.99. The Morgan fingerprint density at radius 1 is 0.830 bits per heavy atom. The number of hydrogen-bond acceptors (Lipinski definition) is 7. The second-order valence-corrected chi connectivity index (χ2v) is 15.6. The number of carbonyl (C=O) groups excluding carboxylic acids is 3. The third kappa shape index (κ3) is 8.97. The normalized spacial score (nSPS) is 22.3. The lowest BCUT2D eigenvalue weighted by molar-refractivity contribution is -0.141. The summed E-state index contributed by atoms with van der Waals surface area (Å²) in [6, 6.07) is 11.9. The highest BCUT2D eigenvalue weighted by atomic mass is 19.1. The molecule has 3 aliphatic heterocycles. The van der Waals surface area contributed by atoms with Crippen LogP contribution in [0.1, 0.15) is 92.7 Å². The number of aromatic amines is 1. The number of H-pyrrole nitrogens is 1. The van der Waals surface area contributed by atoms with Gasteiger partial charge in [-0.25, -0.2) is 9.49 Å². The van der Waals surface area contributed by atoms with Crippen molar-refractivity contribution in [2.45, 2.75) is 95.8 Å². The van der Waals surface area contributed by atoms with Gasteiger partial charge in [-0.2, -0.15) is 5.10 Å². The number of aromatic nitrogens is 2. The van der Waals surface area contributed by atoms with Gasteiger partial charge in [-0.1, -0.05) is 43.5 Å². The van der Waals surface area contributed by atoms with E-state index in [9.17, 15) is 23.6 Å². The van der Waals surface area contributed by atoms with Crippen molar-refractivity contribution in [1.82, 2.24) is 29.8 Å². The lowest BCUT2D eigenvalue weighted by Gasteiger charge is -2.41. The van der Waals surface area contributed by atoms with Crippen LogP contribution in [0.3, 0.4) is 0 Å². The summed E-state index contributed by atoms with van der Waals surface area (Å²) >= 11 is 0. The van der Waals surface area contributed by atoms with E-state index in [1.807, 2.05) is 12.1 Å². The standard InChI is InChI=1S/C41H53FN6O5/c1-28-23-32(15-18-48(28)38(49)26-29-7-3-2-4-8-29)53-31-13-16-45(17-14-31)27-39(50)46-19-21-47(22-20-46)41(52)35-24-30(11-12-36(35)42)25-37-33-9-5-6-10-34(33)40(51)44-43-37/h5-6,9-12,24,28-29,31-32H,2-4,7-8,13-23,25-27H2,1H3,(H,44,51). The Morgan fingerprint density at radius 2 is 1.53 bits per heavy atom. The number of benzene rings is 2. The summed E-state index contributed by atoms with van der Waals surface area (Å²) in [5.74, 6) is -0.0668. The Balaban J connectivity index is 0.834. The second kappa shape index (κ2) is 16.9. The van der Waals surface area contributed by atoms with Crippen LogP contribution >= 0.6 is 0 Å². The molecule has 284 valence electrons. The van der Waals surface area contributed by atoms with Gasteiger partial charge in [-0.15, -0.1) is 0 Å². The zero-order valence-corrected chi connectivity index (χ0v) is 30.9. The summed E-state index contributed by atoms with van der Waals surface area (Å²) in [5.41, 5.74) is 1.06. The molecule has 4 heterocycles. The monoisotopic (exact) mass is 728 g/mol. The van der Waals surface area contributed by atoms with Crippen LogP contribution in [-0.4, -0.2) is 118 Å². The quantitative estimate of drug-likeness (QED) is 0.338. The molecule has 4 fully saturated rings. The van der Waals surface area contributed by atoms with Crippen molar-refractivity contribution in [1.29, 1.82) is 0 Å². The van der Waals surface area contributed by atoms with Crippen molar-refractivity contribution >= 4 is 28.5 Å². The molecule has 1 aliphatic carbocycles. The fourth-order valence-electron chi connectivity index (χ4n) is 8.82. The van der Waals surface area contributed by atoms with Gasteiger partial charge in [0.2, 0.25) is 11.8 Å². The van der Waals surface area contributed by atoms with Crippen molar-refractivity contribution in [3.8, 4) is 0 Å². The van der Waals surface area contributed by atoms with Crippen molar-refractivity contribution in [3.05, 3.63) is 75.5 Å². The molecule has 11 nitrogen and oxygen atoms in total. The molecule has 2 aromatic carbocycles. The van der Waals surface area contributed by atoms with Crippen molar-refractivity contribution < 1.29 is 23.5 Å². The summed E-state index contributed by atoms with van der Waals surface area (Å²) in [6.45, 7) is 6.33. The van der Waals surface area contributed by atoms with E-state index >= 15 is 0 Å². The highest BCUT2D eigenvalue weighted by molar-refractivity contribution is 5.95. The molecule has 2 atom stereocenters. The topological polar surface area (TPSA) is 119 Å². The first-order valence-corrected chi connectivity index (χ1v) is 19.7. The number of piperazine rings is 1. The van der Waals surface area contributed by atoms with E-state index in [-0.39, 0.29) is 35.3 Å². The van der Waals surface area contributed by atoms with E-state index in [0.717, 1.165) is 45.3 Å². The van der Waals surface area contributed by atoms with Gasteiger partial charge in [0.1, 0.15) is 5.82 Å². The molecule has 53 heavy (non-hydrogen) atoms. The maximum atomic E-state index is 15.0. The molecule has 3 aromatic rings. The first-order valence-electron chi connectivity index (χ1n) is 19.7. The molecule has 1 saturated carbocycles. The maximum Gasteiger partial charge on any atom is 0.272 e. The number of nitrogens with one attached hydrogen (secondary N) is 1. The Hall–Kier alpha value is -4.16. The van der Waals surface area contributed by atoms with Crippen LogP contribution in [-0.2, 0) is 20.7 Å². The molecule has 3 saturated heterocycles. The van der Waals surface area contributed by atoms with Crippen LogP contribution in [0.4, 0.5) is 4.39 Å². The van der Waals surface area contributed by atoms with Crippen molar-refractivity contribution in [3.63, 3.8) is 0 Å². The fourth-order valence-corrected chi connectivity index (χ4v) is 8.82.